The molecule has 0 spiro atoms. The maximum absolute atomic E-state index is 12.9. The number of hydrogen-bond acceptors (Lipinski definition) is 9. The van der Waals surface area contributed by atoms with E-state index in [0.29, 0.717) is 54.9 Å². The van der Waals surface area contributed by atoms with Gasteiger partial charge in [0.2, 0.25) is 0 Å². The normalized spacial score (nSPS) is 16.1. The van der Waals surface area contributed by atoms with E-state index in [1.54, 1.807) is 27.7 Å². The van der Waals surface area contributed by atoms with Crippen LogP contribution in [0.3, 0.4) is 0 Å². The van der Waals surface area contributed by atoms with Crippen LogP contribution >= 0.6 is 0 Å². The van der Waals surface area contributed by atoms with Crippen molar-refractivity contribution in [3.8, 4) is 22.5 Å². The molecular weight excluding hydrogens is 837 g/mol. The van der Waals surface area contributed by atoms with Gasteiger partial charge in [-0.15, -0.1) is 0 Å². The van der Waals surface area contributed by atoms with Crippen molar-refractivity contribution in [2.24, 2.45) is 24.9 Å². The van der Waals surface area contributed by atoms with Crippen LogP contribution in [0.1, 0.15) is 108 Å². The number of carbonyl (C=O) groups is 1. The van der Waals surface area contributed by atoms with E-state index in [1.807, 2.05) is 48.9 Å². The van der Waals surface area contributed by atoms with Gasteiger partial charge in [0.1, 0.15) is 0 Å². The van der Waals surface area contributed by atoms with Gasteiger partial charge >= 0.3 is 11.4 Å². The molecule has 2 aromatic carbocycles. The van der Waals surface area contributed by atoms with Crippen LogP contribution in [0, 0.1) is 24.7 Å². The zero-order chi connectivity index (χ0) is 47.6. The molecule has 0 aliphatic carbocycles. The number of nitrogens with zero attached hydrogens (tertiary/aromatic N) is 7. The highest BCUT2D eigenvalue weighted by Crippen LogP contribution is 2.31. The Morgan fingerprint density at radius 1 is 0.692 bits per heavy atom. The fraction of sp³-hybridized carbons (Fsp3) is 0.510. The summed E-state index contributed by atoms with van der Waals surface area (Å²) in [6.07, 6.45) is 3.93. The molecule has 2 aliphatic heterocycles. The SMILES string of the molecule is CC(=O)c1ccc(C)c(-c2ccc3c(n2)n(C)c(=O)n3CC(C)(C)C)c1.Cc1ccc(C(C)N2CCCCC2)cc1-c1ccc2c(n1)n(C)c(=O)n2CC(C)(C)C.O=S1(=O)CCNCC1. The first-order valence-electron chi connectivity index (χ1n) is 23.0. The number of piperidine rings is 1. The van der Waals surface area contributed by atoms with Crippen LogP contribution in [0.2, 0.25) is 0 Å². The van der Waals surface area contributed by atoms with Crippen molar-refractivity contribution < 1.29 is 13.2 Å². The van der Waals surface area contributed by atoms with Crippen molar-refractivity contribution in [3.05, 3.63) is 104 Å². The van der Waals surface area contributed by atoms with Gasteiger partial charge in [0.15, 0.2) is 26.9 Å². The average Bonchev–Trinajstić information content (AvgIpc) is 3.62. The first kappa shape index (κ1) is 49.3. The molecule has 2 saturated heterocycles. The molecule has 1 unspecified atom stereocenters. The molecule has 1 atom stereocenters. The van der Waals surface area contributed by atoms with Crippen LogP contribution in [0.15, 0.2) is 70.3 Å². The van der Waals surface area contributed by atoms with Crippen molar-refractivity contribution in [2.75, 3.05) is 37.7 Å². The van der Waals surface area contributed by atoms with Crippen molar-refractivity contribution in [2.45, 2.75) is 108 Å². The van der Waals surface area contributed by atoms with E-state index in [0.717, 1.165) is 44.8 Å². The summed E-state index contributed by atoms with van der Waals surface area (Å²) in [5, 5.41) is 2.96. The summed E-state index contributed by atoms with van der Waals surface area (Å²) in [7, 11) is 0.926. The number of fused-ring (bicyclic) bond motifs is 2. The highest BCUT2D eigenvalue weighted by atomic mass is 32.2. The van der Waals surface area contributed by atoms with Gasteiger partial charge in [-0.25, -0.2) is 28.0 Å². The summed E-state index contributed by atoms with van der Waals surface area (Å²) in [6, 6.07) is 20.8. The summed E-state index contributed by atoms with van der Waals surface area (Å²) >= 11 is 0. The van der Waals surface area contributed by atoms with Gasteiger partial charge in [0.05, 0.1) is 33.9 Å². The summed E-state index contributed by atoms with van der Waals surface area (Å²) in [5.74, 6) is 0.649. The Morgan fingerprint density at radius 2 is 1.15 bits per heavy atom. The molecule has 8 rings (SSSR count). The summed E-state index contributed by atoms with van der Waals surface area (Å²) < 4.78 is 28.1. The highest BCUT2D eigenvalue weighted by molar-refractivity contribution is 7.91. The molecule has 0 radical (unpaired) electrons. The monoisotopic (exact) mass is 907 g/mol. The standard InChI is InChI=1S/C26H36N4O.C21H25N3O2.C4H9NO2S/c1-18-10-11-20(19(2)29-14-8-7-9-15-29)16-21(18)22-12-13-23-24(27-22)28(6)25(31)30(23)17-26(3,4)5;1-13-7-8-15(14(2)25)11-16(13)17-9-10-18-19(22-17)23(6)20(26)24(18)12-21(3,4)5;6-8(7)3-1-5-2-4-8/h10-13,16,19H,7-9,14-15,17H2,1-6H3;7-11H,12H2,1-6H3;5H,1-4H2. The minimum Gasteiger partial charge on any atom is -0.315 e. The quantitative estimate of drug-likeness (QED) is 0.157. The van der Waals surface area contributed by atoms with Gasteiger partial charge in [-0.05, 0) is 118 Å². The summed E-state index contributed by atoms with van der Waals surface area (Å²) in [5.41, 5.74) is 11.1. The molecule has 2 aliphatic rings. The number of carbonyl (C=O) groups excluding carboxylic acids is 1. The number of sulfone groups is 1. The Hall–Kier alpha value is -5.18. The first-order valence-corrected chi connectivity index (χ1v) is 24.8. The number of aromatic nitrogens is 6. The van der Waals surface area contributed by atoms with Gasteiger partial charge in [0.25, 0.3) is 0 Å². The third-order valence-corrected chi connectivity index (χ3v) is 13.9. The maximum Gasteiger partial charge on any atom is 0.330 e. The molecule has 6 aromatic rings. The molecule has 14 heteroatoms. The van der Waals surface area contributed by atoms with Gasteiger partial charge < -0.3 is 5.32 Å². The molecule has 13 nitrogen and oxygen atoms in total. The van der Waals surface area contributed by atoms with Crippen LogP contribution in [0.4, 0.5) is 0 Å². The molecule has 0 bridgehead atoms. The number of hydrogen-bond donors (Lipinski definition) is 1. The smallest absolute Gasteiger partial charge is 0.315 e. The topological polar surface area (TPSA) is 146 Å². The molecule has 0 amide bonds. The predicted octanol–water partition coefficient (Wildman–Crippen LogP) is 8.27. The number of aryl methyl sites for hydroxylation is 4. The van der Waals surface area contributed by atoms with Crippen LogP contribution < -0.4 is 16.7 Å². The molecule has 0 saturated carbocycles. The fourth-order valence-electron chi connectivity index (χ4n) is 8.59. The van der Waals surface area contributed by atoms with E-state index in [9.17, 15) is 22.8 Å². The largest absolute Gasteiger partial charge is 0.330 e. The average molecular weight is 907 g/mol. The fourth-order valence-corrected chi connectivity index (χ4v) is 9.71. The van der Waals surface area contributed by atoms with Crippen LogP contribution in [0.5, 0.6) is 0 Å². The van der Waals surface area contributed by atoms with E-state index in [4.69, 9.17) is 9.97 Å². The Morgan fingerprint density at radius 3 is 1.58 bits per heavy atom. The molecule has 1 N–H and O–H groups in total. The second kappa shape index (κ2) is 19.7. The number of benzene rings is 2. The molecule has 4 aromatic heterocycles. The van der Waals surface area contributed by atoms with Crippen molar-refractivity contribution >= 4 is 37.9 Å². The van der Waals surface area contributed by atoms with E-state index < -0.39 is 9.84 Å². The minimum atomic E-state index is -2.65. The number of imidazole rings is 2. The highest BCUT2D eigenvalue weighted by Gasteiger charge is 2.23. The number of nitrogens with one attached hydrogen (secondary N) is 1. The maximum atomic E-state index is 12.9. The summed E-state index contributed by atoms with van der Waals surface area (Å²) in [4.78, 5) is 49.6. The lowest BCUT2D eigenvalue weighted by molar-refractivity contribution is 0.101. The van der Waals surface area contributed by atoms with Crippen molar-refractivity contribution in [1.29, 1.82) is 0 Å². The van der Waals surface area contributed by atoms with Crippen LogP contribution in [0.25, 0.3) is 44.8 Å². The minimum absolute atomic E-state index is 0.00114. The van der Waals surface area contributed by atoms with E-state index in [2.05, 4.69) is 95.9 Å². The lowest BCUT2D eigenvalue weighted by atomic mass is 9.96. The van der Waals surface area contributed by atoms with E-state index >= 15 is 0 Å². The van der Waals surface area contributed by atoms with Crippen LogP contribution in [-0.4, -0.2) is 85.0 Å². The number of pyridine rings is 2. The zero-order valence-corrected chi connectivity index (χ0v) is 41.5. The Kier molecular flexibility index (Phi) is 15.0. The summed E-state index contributed by atoms with van der Waals surface area (Å²) in [6.45, 7) is 25.7. The second-order valence-corrected chi connectivity index (χ2v) is 22.7. The molecule has 65 heavy (non-hydrogen) atoms. The Labute approximate surface area is 384 Å². The third kappa shape index (κ3) is 11.8. The van der Waals surface area contributed by atoms with Gasteiger partial charge in [-0.3, -0.25) is 28.0 Å². The van der Waals surface area contributed by atoms with Crippen molar-refractivity contribution in [1.82, 2.24) is 38.5 Å². The molecule has 350 valence electrons. The number of ketones is 1. The zero-order valence-electron chi connectivity index (χ0n) is 40.7. The van der Waals surface area contributed by atoms with Crippen LogP contribution in [-0.2, 0) is 37.0 Å². The Balaban J connectivity index is 0.000000186. The lowest BCUT2D eigenvalue weighted by Gasteiger charge is -2.33. The van der Waals surface area contributed by atoms with Crippen molar-refractivity contribution in [3.63, 3.8) is 0 Å². The van der Waals surface area contributed by atoms with Gasteiger partial charge in [0, 0.05) is 63.0 Å². The molecule has 2 fully saturated rings. The molecule has 6 heterocycles. The van der Waals surface area contributed by atoms with E-state index in [1.165, 1.54) is 43.5 Å². The lowest BCUT2D eigenvalue weighted by Crippen LogP contribution is -2.35. The van der Waals surface area contributed by atoms with Gasteiger partial charge in [-0.1, -0.05) is 72.2 Å². The number of Topliss-reactive ketones (excluding diaryl/α,β-unsaturated/α-hetero) is 1. The second-order valence-electron chi connectivity index (χ2n) is 20.4. The first-order chi connectivity index (χ1) is 30.4. The number of rotatable bonds is 7. The number of likely N-dealkylation sites (tertiary alicyclic amines) is 1. The third-order valence-electron chi connectivity index (χ3n) is 12.3. The Bertz CT molecular complexity index is 2910. The predicted molar refractivity (Wildman–Crippen MR) is 265 cm³/mol. The van der Waals surface area contributed by atoms with E-state index in [-0.39, 0.29) is 28.0 Å². The van der Waals surface area contributed by atoms with Gasteiger partial charge in [-0.2, -0.15) is 0 Å². The molecular formula is C51H70N8O5S.